The van der Waals surface area contributed by atoms with E-state index < -0.39 is 0 Å². The summed E-state index contributed by atoms with van der Waals surface area (Å²) < 4.78 is 0. The van der Waals surface area contributed by atoms with Crippen molar-refractivity contribution in [2.45, 2.75) is 46.6 Å². The summed E-state index contributed by atoms with van der Waals surface area (Å²) in [7, 11) is 0. The molecule has 1 unspecified atom stereocenters. The minimum absolute atomic E-state index is 0.00423. The van der Waals surface area contributed by atoms with Gasteiger partial charge in [0.1, 0.15) is 0 Å². The molecule has 2 rings (SSSR count). The molecule has 1 atom stereocenters. The van der Waals surface area contributed by atoms with E-state index in [-0.39, 0.29) is 24.1 Å². The van der Waals surface area contributed by atoms with Gasteiger partial charge in [0.25, 0.3) is 0 Å². The molecule has 128 valence electrons. The average molecular weight is 318 g/mol. The van der Waals surface area contributed by atoms with E-state index in [9.17, 15) is 9.90 Å². The number of nitrogens with one attached hydrogen (secondary N) is 1. The number of urea groups is 1. The fraction of sp³-hybridized carbons (Fsp3) is 0.632. The lowest BCUT2D eigenvalue weighted by molar-refractivity contribution is 0.131. The van der Waals surface area contributed by atoms with Crippen LogP contribution in [0.2, 0.25) is 0 Å². The molecule has 4 heteroatoms. The van der Waals surface area contributed by atoms with Crippen molar-refractivity contribution < 1.29 is 9.90 Å². The highest BCUT2D eigenvalue weighted by atomic mass is 16.3. The number of carbonyl (C=O) groups is 1. The summed E-state index contributed by atoms with van der Waals surface area (Å²) in [5, 5.41) is 12.5. The first-order valence-corrected chi connectivity index (χ1v) is 8.54. The highest BCUT2D eigenvalue weighted by Gasteiger charge is 2.31. The third-order valence-corrected chi connectivity index (χ3v) is 4.79. The first-order valence-electron chi connectivity index (χ1n) is 8.54. The third kappa shape index (κ3) is 4.47. The van der Waals surface area contributed by atoms with Gasteiger partial charge in [-0.1, -0.05) is 45.0 Å². The molecule has 23 heavy (non-hydrogen) atoms. The number of amides is 2. The zero-order valence-corrected chi connectivity index (χ0v) is 14.8. The Bertz CT molecular complexity index is 528. The summed E-state index contributed by atoms with van der Waals surface area (Å²) in [5.41, 5.74) is 2.32. The van der Waals surface area contributed by atoms with Crippen LogP contribution in [-0.2, 0) is 0 Å². The van der Waals surface area contributed by atoms with Gasteiger partial charge in [0.05, 0.1) is 6.04 Å². The van der Waals surface area contributed by atoms with Crippen LogP contribution in [0.5, 0.6) is 0 Å². The molecule has 1 aromatic rings. The number of hydrogen-bond acceptors (Lipinski definition) is 2. The van der Waals surface area contributed by atoms with E-state index in [0.29, 0.717) is 5.92 Å². The number of likely N-dealkylation sites (tertiary alicyclic amines) is 1. The topological polar surface area (TPSA) is 52.6 Å². The Morgan fingerprint density at radius 2 is 1.91 bits per heavy atom. The quantitative estimate of drug-likeness (QED) is 0.896. The largest absolute Gasteiger partial charge is 0.396 e. The average Bonchev–Trinajstić information content (AvgIpc) is 2.52. The molecule has 0 radical (unpaired) electrons. The predicted octanol–water partition coefficient (Wildman–Crippen LogP) is 3.50. The van der Waals surface area contributed by atoms with Gasteiger partial charge in [-0.15, -0.1) is 0 Å². The first kappa shape index (κ1) is 17.8. The maximum absolute atomic E-state index is 12.7. The van der Waals surface area contributed by atoms with Gasteiger partial charge in [0, 0.05) is 19.7 Å². The van der Waals surface area contributed by atoms with Gasteiger partial charge in [-0.3, -0.25) is 0 Å². The van der Waals surface area contributed by atoms with Crippen LogP contribution in [0.15, 0.2) is 24.3 Å². The minimum atomic E-state index is -0.0643. The van der Waals surface area contributed by atoms with Crippen LogP contribution < -0.4 is 5.32 Å². The Morgan fingerprint density at radius 1 is 1.30 bits per heavy atom. The lowest BCUT2D eigenvalue weighted by Crippen LogP contribution is -2.48. The van der Waals surface area contributed by atoms with Gasteiger partial charge in [-0.25, -0.2) is 4.79 Å². The molecule has 0 bridgehead atoms. The number of aryl methyl sites for hydroxylation is 1. The predicted molar refractivity (Wildman–Crippen MR) is 93.3 cm³/mol. The second kappa shape index (κ2) is 7.35. The van der Waals surface area contributed by atoms with E-state index in [1.807, 2.05) is 17.0 Å². The maximum Gasteiger partial charge on any atom is 0.317 e. The Morgan fingerprint density at radius 3 is 2.43 bits per heavy atom. The Labute approximate surface area is 139 Å². The van der Waals surface area contributed by atoms with Crippen molar-refractivity contribution >= 4 is 6.03 Å². The van der Waals surface area contributed by atoms with Crippen LogP contribution in [0.3, 0.4) is 0 Å². The zero-order valence-electron chi connectivity index (χ0n) is 14.8. The molecule has 1 aliphatic rings. The molecule has 1 aromatic carbocycles. The fourth-order valence-corrected chi connectivity index (χ4v) is 3.20. The van der Waals surface area contributed by atoms with Crippen molar-refractivity contribution in [2.75, 3.05) is 19.7 Å². The molecular formula is C19H30N2O2. The van der Waals surface area contributed by atoms with E-state index >= 15 is 0 Å². The SMILES string of the molecule is Cc1ccccc1C(NC(=O)N1CCC(CO)CC1)C(C)(C)C. The maximum atomic E-state index is 12.7. The number of hydrogen-bond donors (Lipinski definition) is 2. The number of carbonyl (C=O) groups excluding carboxylic acids is 1. The molecule has 4 nitrogen and oxygen atoms in total. The standard InChI is InChI=1S/C19H30N2O2/c1-14-7-5-6-8-16(14)17(19(2,3)4)20-18(23)21-11-9-15(13-22)10-12-21/h5-8,15,17,22H,9-13H2,1-4H3,(H,20,23). The molecule has 1 aliphatic heterocycles. The number of aliphatic hydroxyl groups is 1. The van der Waals surface area contributed by atoms with Crippen LogP contribution in [0.4, 0.5) is 4.79 Å². The van der Waals surface area contributed by atoms with Crippen LogP contribution in [0.25, 0.3) is 0 Å². The van der Waals surface area contributed by atoms with Crippen LogP contribution in [0.1, 0.15) is 50.8 Å². The molecule has 1 fully saturated rings. The van der Waals surface area contributed by atoms with Crippen LogP contribution in [0, 0.1) is 18.3 Å². The lowest BCUT2D eigenvalue weighted by atomic mass is 9.81. The number of benzene rings is 1. The van der Waals surface area contributed by atoms with Crippen molar-refractivity contribution in [1.82, 2.24) is 10.2 Å². The van der Waals surface area contributed by atoms with Crippen LogP contribution in [-0.4, -0.2) is 35.7 Å². The summed E-state index contributed by atoms with van der Waals surface area (Å²) in [6, 6.07) is 8.23. The molecule has 1 heterocycles. The Balaban J connectivity index is 2.10. The lowest BCUT2D eigenvalue weighted by Gasteiger charge is -2.37. The fourth-order valence-electron chi connectivity index (χ4n) is 3.20. The van der Waals surface area contributed by atoms with Crippen molar-refractivity contribution in [2.24, 2.45) is 11.3 Å². The van der Waals surface area contributed by atoms with Crippen LogP contribution >= 0.6 is 0 Å². The minimum Gasteiger partial charge on any atom is -0.396 e. The van der Waals surface area contributed by atoms with Crippen molar-refractivity contribution in [1.29, 1.82) is 0 Å². The molecule has 0 spiro atoms. The van der Waals surface area contributed by atoms with Gasteiger partial charge in [0.2, 0.25) is 0 Å². The van der Waals surface area contributed by atoms with Crippen molar-refractivity contribution in [3.8, 4) is 0 Å². The van der Waals surface area contributed by atoms with Gasteiger partial charge in [-0.05, 0) is 42.2 Å². The molecule has 0 aliphatic carbocycles. The Hall–Kier alpha value is -1.55. The highest BCUT2D eigenvalue weighted by Crippen LogP contribution is 2.34. The molecular weight excluding hydrogens is 288 g/mol. The normalized spacial score (nSPS) is 17.9. The van der Waals surface area contributed by atoms with Gasteiger partial charge in [0.15, 0.2) is 0 Å². The smallest absolute Gasteiger partial charge is 0.317 e. The Kier molecular flexibility index (Phi) is 5.69. The summed E-state index contributed by atoms with van der Waals surface area (Å²) in [5.74, 6) is 0.342. The van der Waals surface area contributed by atoms with E-state index in [1.54, 1.807) is 0 Å². The molecule has 1 saturated heterocycles. The van der Waals surface area contributed by atoms with E-state index in [0.717, 1.165) is 25.9 Å². The van der Waals surface area contributed by atoms with E-state index in [1.165, 1.54) is 11.1 Å². The molecule has 0 aromatic heterocycles. The van der Waals surface area contributed by atoms with Gasteiger partial charge < -0.3 is 15.3 Å². The summed E-state index contributed by atoms with van der Waals surface area (Å²) in [4.78, 5) is 14.6. The number of piperidine rings is 1. The molecule has 2 amide bonds. The zero-order chi connectivity index (χ0) is 17.0. The summed E-state index contributed by atoms with van der Waals surface area (Å²) in [6.45, 7) is 10.2. The first-order chi connectivity index (χ1) is 10.8. The summed E-state index contributed by atoms with van der Waals surface area (Å²) in [6.07, 6.45) is 1.77. The highest BCUT2D eigenvalue weighted by molar-refractivity contribution is 5.75. The number of rotatable bonds is 3. The number of aliphatic hydroxyl groups excluding tert-OH is 1. The van der Waals surface area contributed by atoms with E-state index in [2.05, 4.69) is 45.1 Å². The van der Waals surface area contributed by atoms with Crippen molar-refractivity contribution in [3.05, 3.63) is 35.4 Å². The summed E-state index contributed by atoms with van der Waals surface area (Å²) >= 11 is 0. The second-order valence-corrected chi connectivity index (χ2v) is 7.72. The molecule has 0 saturated carbocycles. The molecule has 2 N–H and O–H groups in total. The van der Waals surface area contributed by atoms with Gasteiger partial charge >= 0.3 is 6.03 Å². The van der Waals surface area contributed by atoms with E-state index in [4.69, 9.17) is 0 Å². The van der Waals surface area contributed by atoms with Crippen molar-refractivity contribution in [3.63, 3.8) is 0 Å². The monoisotopic (exact) mass is 318 g/mol. The van der Waals surface area contributed by atoms with Gasteiger partial charge in [-0.2, -0.15) is 0 Å². The number of nitrogens with zero attached hydrogens (tertiary/aromatic N) is 1. The second-order valence-electron chi connectivity index (χ2n) is 7.72. The third-order valence-electron chi connectivity index (χ3n) is 4.79.